The number of benzene rings is 1. The summed E-state index contributed by atoms with van der Waals surface area (Å²) in [6.45, 7) is 5.71. The Labute approximate surface area is 188 Å². The number of pyridine rings is 1. The molecule has 2 amide bonds. The molecule has 168 valence electrons. The van der Waals surface area contributed by atoms with E-state index in [-0.39, 0.29) is 18.4 Å². The molecule has 0 unspecified atom stereocenters. The number of carbonyl (C=O) groups excluding carboxylic acids is 2. The molecule has 1 saturated heterocycles. The number of aromatic nitrogens is 1. The molecule has 2 aliphatic heterocycles. The number of rotatable bonds is 8. The summed E-state index contributed by atoms with van der Waals surface area (Å²) in [7, 11) is 1.56. The fourth-order valence-electron chi connectivity index (χ4n) is 4.09. The van der Waals surface area contributed by atoms with E-state index < -0.39 is 0 Å². The Bertz CT molecular complexity index is 983. The molecule has 0 saturated carbocycles. The second-order valence-corrected chi connectivity index (χ2v) is 7.60. The van der Waals surface area contributed by atoms with Gasteiger partial charge in [0.05, 0.1) is 25.3 Å². The van der Waals surface area contributed by atoms with Crippen LogP contribution in [0, 0.1) is 0 Å². The van der Waals surface area contributed by atoms with Gasteiger partial charge in [0.15, 0.2) is 0 Å². The van der Waals surface area contributed by atoms with Crippen LogP contribution in [-0.4, -0.2) is 79.6 Å². The molecule has 0 spiro atoms. The summed E-state index contributed by atoms with van der Waals surface area (Å²) in [5.41, 5.74) is 1.63. The molecule has 0 aliphatic carbocycles. The van der Waals surface area contributed by atoms with Crippen molar-refractivity contribution >= 4 is 23.2 Å². The van der Waals surface area contributed by atoms with Crippen LogP contribution in [0.5, 0.6) is 5.75 Å². The molecular weight excluding hydrogens is 408 g/mol. The lowest BCUT2D eigenvalue weighted by Gasteiger charge is -2.37. The number of carbonyl (C=O) groups is 2. The van der Waals surface area contributed by atoms with E-state index >= 15 is 0 Å². The molecule has 0 N–H and O–H groups in total. The van der Waals surface area contributed by atoms with Crippen molar-refractivity contribution in [3.05, 3.63) is 59.9 Å². The summed E-state index contributed by atoms with van der Waals surface area (Å²) in [5, 5.41) is 0. The SMILES string of the molecule is CCOc1ccc(C2=C(N3CCN(c4ccccn4)CC3)C(=O)N(CCOC)C2=O)cc1. The van der Waals surface area contributed by atoms with Crippen molar-refractivity contribution in [3.8, 4) is 5.75 Å². The smallest absolute Gasteiger partial charge is 0.277 e. The van der Waals surface area contributed by atoms with Gasteiger partial charge in [-0.05, 0) is 36.8 Å². The van der Waals surface area contributed by atoms with Crippen LogP contribution in [0.3, 0.4) is 0 Å². The van der Waals surface area contributed by atoms with Crippen LogP contribution in [0.4, 0.5) is 5.82 Å². The van der Waals surface area contributed by atoms with E-state index in [9.17, 15) is 9.59 Å². The van der Waals surface area contributed by atoms with Gasteiger partial charge < -0.3 is 19.3 Å². The number of imide groups is 1. The number of piperazine rings is 1. The third-order valence-corrected chi connectivity index (χ3v) is 5.69. The molecule has 3 heterocycles. The van der Waals surface area contributed by atoms with Crippen molar-refractivity contribution in [2.45, 2.75) is 6.92 Å². The maximum absolute atomic E-state index is 13.3. The molecule has 32 heavy (non-hydrogen) atoms. The number of amides is 2. The second kappa shape index (κ2) is 9.82. The number of hydrogen-bond acceptors (Lipinski definition) is 7. The monoisotopic (exact) mass is 436 g/mol. The van der Waals surface area contributed by atoms with Crippen molar-refractivity contribution in [3.63, 3.8) is 0 Å². The lowest BCUT2D eigenvalue weighted by molar-refractivity contribution is -0.138. The van der Waals surface area contributed by atoms with Crippen molar-refractivity contribution in [2.24, 2.45) is 0 Å². The van der Waals surface area contributed by atoms with Crippen LogP contribution in [0.2, 0.25) is 0 Å². The number of ether oxygens (including phenoxy) is 2. The van der Waals surface area contributed by atoms with Crippen LogP contribution < -0.4 is 9.64 Å². The largest absolute Gasteiger partial charge is 0.494 e. The maximum atomic E-state index is 13.3. The van der Waals surface area contributed by atoms with Crippen LogP contribution in [0.1, 0.15) is 12.5 Å². The first kappa shape index (κ1) is 21.8. The molecule has 8 nitrogen and oxygen atoms in total. The highest BCUT2D eigenvalue weighted by atomic mass is 16.5. The second-order valence-electron chi connectivity index (χ2n) is 7.60. The van der Waals surface area contributed by atoms with E-state index in [1.54, 1.807) is 13.3 Å². The van der Waals surface area contributed by atoms with Gasteiger partial charge in [0, 0.05) is 39.5 Å². The summed E-state index contributed by atoms with van der Waals surface area (Å²) in [5.74, 6) is 1.11. The minimum Gasteiger partial charge on any atom is -0.494 e. The van der Waals surface area contributed by atoms with Gasteiger partial charge in [-0.15, -0.1) is 0 Å². The van der Waals surface area contributed by atoms with Crippen LogP contribution >= 0.6 is 0 Å². The van der Waals surface area contributed by atoms with Crippen molar-refractivity contribution < 1.29 is 19.1 Å². The molecule has 1 aromatic heterocycles. The van der Waals surface area contributed by atoms with E-state index in [1.807, 2.05) is 54.3 Å². The molecule has 0 bridgehead atoms. The first-order chi connectivity index (χ1) is 15.6. The van der Waals surface area contributed by atoms with E-state index in [0.29, 0.717) is 43.1 Å². The normalized spacial score (nSPS) is 16.9. The summed E-state index contributed by atoms with van der Waals surface area (Å²) < 4.78 is 10.6. The fraction of sp³-hybridized carbons (Fsp3) is 0.375. The third kappa shape index (κ3) is 4.31. The number of methoxy groups -OCH3 is 1. The van der Waals surface area contributed by atoms with Gasteiger partial charge in [-0.3, -0.25) is 14.5 Å². The summed E-state index contributed by atoms with van der Waals surface area (Å²) >= 11 is 0. The Morgan fingerprint density at radius 2 is 1.66 bits per heavy atom. The van der Waals surface area contributed by atoms with Crippen LogP contribution in [-0.2, 0) is 14.3 Å². The Kier molecular flexibility index (Phi) is 6.70. The van der Waals surface area contributed by atoms with Crippen molar-refractivity contribution in [1.82, 2.24) is 14.8 Å². The molecule has 2 aliphatic rings. The first-order valence-electron chi connectivity index (χ1n) is 10.9. The van der Waals surface area contributed by atoms with Crippen molar-refractivity contribution in [1.29, 1.82) is 0 Å². The lowest BCUT2D eigenvalue weighted by atomic mass is 10.0. The zero-order valence-corrected chi connectivity index (χ0v) is 18.5. The van der Waals surface area contributed by atoms with Gasteiger partial charge in [-0.2, -0.15) is 0 Å². The highest BCUT2D eigenvalue weighted by molar-refractivity contribution is 6.35. The minimum atomic E-state index is -0.279. The molecule has 0 atom stereocenters. The molecule has 1 aromatic carbocycles. The molecule has 2 aromatic rings. The molecule has 8 heteroatoms. The van der Waals surface area contributed by atoms with Gasteiger partial charge in [0.2, 0.25) is 0 Å². The average molecular weight is 437 g/mol. The van der Waals surface area contributed by atoms with Crippen LogP contribution in [0.15, 0.2) is 54.4 Å². The Hall–Kier alpha value is -3.39. The highest BCUT2D eigenvalue weighted by Crippen LogP contribution is 2.33. The molecular formula is C24H28N4O4. The lowest BCUT2D eigenvalue weighted by Crippen LogP contribution is -2.48. The number of hydrogen-bond donors (Lipinski definition) is 0. The zero-order valence-electron chi connectivity index (χ0n) is 18.5. The van der Waals surface area contributed by atoms with E-state index in [2.05, 4.69) is 9.88 Å². The van der Waals surface area contributed by atoms with Crippen molar-refractivity contribution in [2.75, 3.05) is 57.9 Å². The predicted octanol–water partition coefficient (Wildman–Crippen LogP) is 2.03. The molecule has 1 fully saturated rings. The first-order valence-corrected chi connectivity index (χ1v) is 10.9. The standard InChI is InChI=1S/C24H28N4O4/c1-3-32-19-9-7-18(8-10-19)21-22(24(30)28(23(21)29)16-17-31-2)27-14-12-26(13-15-27)20-6-4-5-11-25-20/h4-11H,3,12-17H2,1-2H3. The maximum Gasteiger partial charge on any atom is 0.277 e. The van der Waals surface area contributed by atoms with Crippen LogP contribution in [0.25, 0.3) is 5.57 Å². The zero-order chi connectivity index (χ0) is 22.5. The summed E-state index contributed by atoms with van der Waals surface area (Å²) in [6, 6.07) is 13.2. The average Bonchev–Trinajstić information content (AvgIpc) is 3.08. The quantitative estimate of drug-likeness (QED) is 0.586. The van der Waals surface area contributed by atoms with Gasteiger partial charge in [-0.25, -0.2) is 4.98 Å². The Morgan fingerprint density at radius 1 is 0.938 bits per heavy atom. The van der Waals surface area contributed by atoms with Gasteiger partial charge in [0.25, 0.3) is 11.8 Å². The van der Waals surface area contributed by atoms with Gasteiger partial charge in [0.1, 0.15) is 17.3 Å². The summed E-state index contributed by atoms with van der Waals surface area (Å²) in [4.78, 5) is 36.5. The highest BCUT2D eigenvalue weighted by Gasteiger charge is 2.42. The topological polar surface area (TPSA) is 75.2 Å². The molecule has 0 radical (unpaired) electrons. The van der Waals surface area contributed by atoms with E-state index in [0.717, 1.165) is 24.7 Å². The predicted molar refractivity (Wildman–Crippen MR) is 121 cm³/mol. The van der Waals surface area contributed by atoms with E-state index in [4.69, 9.17) is 9.47 Å². The van der Waals surface area contributed by atoms with E-state index in [1.165, 1.54) is 4.90 Å². The number of nitrogens with zero attached hydrogens (tertiary/aromatic N) is 4. The van der Waals surface area contributed by atoms with Gasteiger partial charge >= 0.3 is 0 Å². The third-order valence-electron chi connectivity index (χ3n) is 5.69. The van der Waals surface area contributed by atoms with Gasteiger partial charge in [-0.1, -0.05) is 18.2 Å². The Morgan fingerprint density at radius 3 is 2.28 bits per heavy atom. The summed E-state index contributed by atoms with van der Waals surface area (Å²) in [6.07, 6.45) is 1.78. The fourth-order valence-corrected chi connectivity index (χ4v) is 4.09. The minimum absolute atomic E-state index is 0.228. The number of anilines is 1. The molecule has 4 rings (SSSR count). The Balaban J connectivity index is 1.62.